The first kappa shape index (κ1) is 31.7. The van der Waals surface area contributed by atoms with Crippen LogP contribution in [0.1, 0.15) is 76.0 Å². The molecule has 0 fully saturated rings. The van der Waals surface area contributed by atoms with Gasteiger partial charge in [-0.2, -0.15) is 13.7 Å². The zero-order valence-corrected chi connectivity index (χ0v) is 25.5. The van der Waals surface area contributed by atoms with Crippen molar-refractivity contribution in [3.63, 3.8) is 0 Å². The van der Waals surface area contributed by atoms with Gasteiger partial charge in [0.05, 0.1) is 11.1 Å². The molecule has 0 saturated carbocycles. The zero-order chi connectivity index (χ0) is 31.4. The fraction of sp³-hybridized carbons (Fsp3) is 0.364. The van der Waals surface area contributed by atoms with E-state index in [-0.39, 0.29) is 39.8 Å². The molecule has 2 atom stereocenters. The van der Waals surface area contributed by atoms with Crippen molar-refractivity contribution >= 4 is 21.7 Å². The van der Waals surface area contributed by atoms with Crippen molar-refractivity contribution in [1.29, 1.82) is 5.26 Å². The van der Waals surface area contributed by atoms with Crippen molar-refractivity contribution in [3.8, 4) is 6.07 Å². The van der Waals surface area contributed by atoms with E-state index in [1.165, 1.54) is 30.5 Å². The van der Waals surface area contributed by atoms with Crippen molar-refractivity contribution in [1.82, 2.24) is 4.98 Å². The number of aliphatic hydroxyl groups is 1. The molecule has 1 aliphatic heterocycles. The minimum Gasteiger partial charge on any atom is -0.512 e. The number of pyridine rings is 1. The number of esters is 1. The predicted molar refractivity (Wildman–Crippen MR) is 161 cm³/mol. The number of nitrogens with zero attached hydrogens (tertiary/aromatic N) is 2. The molecule has 1 aromatic heterocycles. The Bertz CT molecular complexity index is 1660. The van der Waals surface area contributed by atoms with Gasteiger partial charge < -0.3 is 9.84 Å². The van der Waals surface area contributed by atoms with Crippen LogP contribution in [-0.4, -0.2) is 30.1 Å². The summed E-state index contributed by atoms with van der Waals surface area (Å²) in [5, 5.41) is 20.2. The summed E-state index contributed by atoms with van der Waals surface area (Å²) in [6, 6.07) is 17.4. The van der Waals surface area contributed by atoms with Crippen LogP contribution in [-0.2, 0) is 26.0 Å². The number of rotatable bonds is 10. The SMILES string of the molecule is CCC[C@]1(CCc2ccc(F)cc2)CC(O)=C([C@@H](c2cccc(NS(=O)(=O)c3ccc(C#N)cn3)c2)C(C)(C)C)C(=O)O1. The molecule has 3 aromatic rings. The van der Waals surface area contributed by atoms with E-state index in [1.807, 2.05) is 33.8 Å². The summed E-state index contributed by atoms with van der Waals surface area (Å²) in [5.74, 6) is -1.59. The average Bonchev–Trinajstić information content (AvgIpc) is 2.94. The number of aryl methyl sites for hydroxylation is 1. The van der Waals surface area contributed by atoms with Gasteiger partial charge in [-0.1, -0.05) is 58.4 Å². The van der Waals surface area contributed by atoms with Crippen LogP contribution in [0.2, 0.25) is 0 Å². The summed E-state index contributed by atoms with van der Waals surface area (Å²) in [4.78, 5) is 17.6. The molecule has 0 spiro atoms. The predicted octanol–water partition coefficient (Wildman–Crippen LogP) is 6.95. The Labute approximate surface area is 252 Å². The first-order chi connectivity index (χ1) is 20.3. The van der Waals surface area contributed by atoms with Crippen LogP contribution < -0.4 is 4.72 Å². The van der Waals surface area contributed by atoms with E-state index in [4.69, 9.17) is 10.00 Å². The van der Waals surface area contributed by atoms with Crippen LogP contribution in [0.5, 0.6) is 0 Å². The second-order valence-corrected chi connectivity index (χ2v) is 13.6. The highest BCUT2D eigenvalue weighted by molar-refractivity contribution is 7.92. The van der Waals surface area contributed by atoms with Crippen LogP contribution in [0.25, 0.3) is 0 Å². The molecule has 8 nitrogen and oxygen atoms in total. The van der Waals surface area contributed by atoms with E-state index >= 15 is 0 Å². The summed E-state index contributed by atoms with van der Waals surface area (Å²) in [7, 11) is -4.06. The fourth-order valence-corrected chi connectivity index (χ4v) is 6.65. The number of aliphatic hydroxyl groups excluding tert-OH is 1. The molecule has 0 amide bonds. The van der Waals surface area contributed by atoms with E-state index in [0.29, 0.717) is 24.8 Å². The molecule has 0 unspecified atom stereocenters. The normalized spacial score (nSPS) is 18.1. The van der Waals surface area contributed by atoms with Gasteiger partial charge in [-0.25, -0.2) is 14.2 Å². The maximum atomic E-state index is 13.7. The molecule has 0 saturated heterocycles. The Balaban J connectivity index is 1.65. The number of hydrogen-bond donors (Lipinski definition) is 2. The van der Waals surface area contributed by atoms with Crippen molar-refractivity contribution in [2.75, 3.05) is 4.72 Å². The molecule has 0 aliphatic carbocycles. The maximum absolute atomic E-state index is 13.7. The summed E-state index contributed by atoms with van der Waals surface area (Å²) in [6.45, 7) is 7.79. The highest BCUT2D eigenvalue weighted by atomic mass is 32.2. The molecule has 10 heteroatoms. The first-order valence-corrected chi connectivity index (χ1v) is 15.6. The van der Waals surface area contributed by atoms with Crippen molar-refractivity contribution in [2.45, 2.75) is 76.3 Å². The molecule has 2 aromatic carbocycles. The van der Waals surface area contributed by atoms with Crippen molar-refractivity contribution in [2.24, 2.45) is 5.41 Å². The van der Waals surface area contributed by atoms with Crippen LogP contribution in [0.15, 0.2) is 83.2 Å². The standard InChI is InChI=1S/C33H36FN3O5S/c1-5-16-33(17-15-22-9-12-25(34)13-10-22)19-27(38)29(31(39)42-33)30(32(2,3)4)24-7-6-8-26(18-24)37-43(40,41)28-14-11-23(20-35)21-36-28/h6-14,18,21,30,37-38H,5,15-17,19H2,1-4H3/t30-,33+/m1/s1. The summed E-state index contributed by atoms with van der Waals surface area (Å²) < 4.78 is 48.1. The van der Waals surface area contributed by atoms with Gasteiger partial charge in [0.2, 0.25) is 0 Å². The lowest BCUT2D eigenvalue weighted by Crippen LogP contribution is -2.43. The second kappa shape index (κ2) is 12.6. The second-order valence-electron chi connectivity index (χ2n) is 12.0. The molecule has 0 radical (unpaired) electrons. The van der Waals surface area contributed by atoms with E-state index in [2.05, 4.69) is 9.71 Å². The molecule has 4 rings (SSSR count). The number of carbonyl (C=O) groups is 1. The fourth-order valence-electron chi connectivity index (χ4n) is 5.67. The average molecular weight is 606 g/mol. The lowest BCUT2D eigenvalue weighted by atomic mass is 9.70. The molecule has 2 N–H and O–H groups in total. The van der Waals surface area contributed by atoms with Crippen molar-refractivity contribution in [3.05, 3.63) is 101 Å². The zero-order valence-electron chi connectivity index (χ0n) is 24.7. The van der Waals surface area contributed by atoms with Gasteiger partial charge in [-0.3, -0.25) is 4.72 Å². The number of aromatic nitrogens is 1. The Morgan fingerprint density at radius 3 is 2.44 bits per heavy atom. The minimum atomic E-state index is -4.06. The van der Waals surface area contributed by atoms with Crippen molar-refractivity contribution < 1.29 is 27.4 Å². The Hall–Kier alpha value is -4.23. The lowest BCUT2D eigenvalue weighted by molar-refractivity contribution is -0.161. The first-order valence-electron chi connectivity index (χ1n) is 14.2. The number of halogens is 1. The number of ether oxygens (including phenoxy) is 1. The van der Waals surface area contributed by atoms with E-state index in [9.17, 15) is 22.7 Å². The Kier molecular flexibility index (Phi) is 9.26. The molecule has 226 valence electrons. The number of cyclic esters (lactones) is 1. The van der Waals surface area contributed by atoms with Gasteiger partial charge >= 0.3 is 5.97 Å². The molecule has 1 aliphatic rings. The number of anilines is 1. The quantitative estimate of drug-likeness (QED) is 0.239. The highest BCUT2D eigenvalue weighted by Crippen LogP contribution is 2.47. The number of benzene rings is 2. The van der Waals surface area contributed by atoms with Gasteiger partial charge in [0, 0.05) is 24.2 Å². The Morgan fingerprint density at radius 1 is 1.14 bits per heavy atom. The number of carbonyl (C=O) groups excluding carboxylic acids is 1. The molecular weight excluding hydrogens is 569 g/mol. The van der Waals surface area contributed by atoms with E-state index in [1.54, 1.807) is 36.4 Å². The summed E-state index contributed by atoms with van der Waals surface area (Å²) in [6.07, 6.45) is 3.64. The smallest absolute Gasteiger partial charge is 0.338 e. The number of hydrogen-bond acceptors (Lipinski definition) is 7. The van der Waals surface area contributed by atoms with Gasteiger partial charge in [0.15, 0.2) is 5.03 Å². The van der Waals surface area contributed by atoms with Crippen LogP contribution >= 0.6 is 0 Å². The van der Waals surface area contributed by atoms with Gasteiger partial charge in [-0.05, 0) is 72.2 Å². The number of nitriles is 1. The molecule has 2 heterocycles. The molecular formula is C33H36FN3O5S. The molecule has 43 heavy (non-hydrogen) atoms. The monoisotopic (exact) mass is 605 g/mol. The third-order valence-electron chi connectivity index (χ3n) is 7.59. The minimum absolute atomic E-state index is 0.0449. The number of nitrogens with one attached hydrogen (secondary N) is 1. The van der Waals surface area contributed by atoms with Crippen LogP contribution in [0.4, 0.5) is 10.1 Å². The summed E-state index contributed by atoms with van der Waals surface area (Å²) >= 11 is 0. The Morgan fingerprint density at radius 2 is 1.86 bits per heavy atom. The van der Waals surface area contributed by atoms with E-state index < -0.39 is 32.9 Å². The van der Waals surface area contributed by atoms with E-state index in [0.717, 1.165) is 12.0 Å². The topological polar surface area (TPSA) is 129 Å². The summed E-state index contributed by atoms with van der Waals surface area (Å²) in [5.41, 5.74) is 0.699. The van der Waals surface area contributed by atoms with Crippen LogP contribution in [0.3, 0.4) is 0 Å². The maximum Gasteiger partial charge on any atom is 0.338 e. The largest absolute Gasteiger partial charge is 0.512 e. The highest BCUT2D eigenvalue weighted by Gasteiger charge is 2.46. The third-order valence-corrected chi connectivity index (χ3v) is 8.88. The van der Waals surface area contributed by atoms with Crippen LogP contribution in [0, 0.1) is 22.6 Å². The molecule has 0 bridgehead atoms. The van der Waals surface area contributed by atoms with Gasteiger partial charge in [-0.15, -0.1) is 0 Å². The third kappa shape index (κ3) is 7.41. The lowest BCUT2D eigenvalue weighted by Gasteiger charge is -2.41. The van der Waals surface area contributed by atoms with Gasteiger partial charge in [0.25, 0.3) is 10.0 Å². The van der Waals surface area contributed by atoms with Gasteiger partial charge in [0.1, 0.15) is 23.2 Å². The number of sulfonamides is 1.